The SMILES string of the molecule is COc1ccccc1Sc1cc(C)ccc1N. The van der Waals surface area contributed by atoms with Crippen LogP contribution < -0.4 is 10.5 Å². The first kappa shape index (κ1) is 11.9. The molecule has 0 heterocycles. The van der Waals surface area contributed by atoms with Crippen molar-refractivity contribution < 1.29 is 4.74 Å². The van der Waals surface area contributed by atoms with Crippen LogP contribution in [0.2, 0.25) is 0 Å². The number of hydrogen-bond donors (Lipinski definition) is 1. The third kappa shape index (κ3) is 2.74. The molecule has 0 aliphatic rings. The zero-order valence-electron chi connectivity index (χ0n) is 9.94. The third-order valence-electron chi connectivity index (χ3n) is 2.46. The number of nitrogens with two attached hydrogens (primary N) is 1. The Labute approximate surface area is 106 Å². The predicted octanol–water partition coefficient (Wildman–Crippen LogP) is 3.74. The number of rotatable bonds is 3. The molecule has 0 fully saturated rings. The molecule has 0 saturated heterocycles. The van der Waals surface area contributed by atoms with Crippen LogP contribution in [0.4, 0.5) is 5.69 Å². The minimum Gasteiger partial charge on any atom is -0.496 e. The van der Waals surface area contributed by atoms with Crippen LogP contribution in [-0.2, 0) is 0 Å². The standard InChI is InChI=1S/C14H15NOS/c1-10-7-8-11(15)14(9-10)17-13-6-4-3-5-12(13)16-2/h3-9H,15H2,1-2H3. The summed E-state index contributed by atoms with van der Waals surface area (Å²) in [6, 6.07) is 14.0. The van der Waals surface area contributed by atoms with Crippen molar-refractivity contribution >= 4 is 17.4 Å². The maximum atomic E-state index is 5.97. The number of aryl methyl sites for hydroxylation is 1. The predicted molar refractivity (Wildman–Crippen MR) is 72.7 cm³/mol. The summed E-state index contributed by atoms with van der Waals surface area (Å²) < 4.78 is 5.33. The summed E-state index contributed by atoms with van der Waals surface area (Å²) in [5.41, 5.74) is 7.97. The molecule has 0 bridgehead atoms. The van der Waals surface area contributed by atoms with E-state index in [0.29, 0.717) is 0 Å². The molecule has 2 N–H and O–H groups in total. The van der Waals surface area contributed by atoms with E-state index >= 15 is 0 Å². The van der Waals surface area contributed by atoms with Gasteiger partial charge in [0.1, 0.15) is 5.75 Å². The molecule has 2 rings (SSSR count). The van der Waals surface area contributed by atoms with E-state index in [0.717, 1.165) is 21.2 Å². The van der Waals surface area contributed by atoms with Crippen molar-refractivity contribution in [1.29, 1.82) is 0 Å². The molecule has 0 saturated carbocycles. The molecule has 0 aliphatic carbocycles. The van der Waals surface area contributed by atoms with E-state index in [9.17, 15) is 0 Å². The van der Waals surface area contributed by atoms with Gasteiger partial charge in [0.15, 0.2) is 0 Å². The smallest absolute Gasteiger partial charge is 0.132 e. The van der Waals surface area contributed by atoms with Crippen LogP contribution in [-0.4, -0.2) is 7.11 Å². The lowest BCUT2D eigenvalue weighted by atomic mass is 10.2. The third-order valence-corrected chi connectivity index (χ3v) is 3.59. The van der Waals surface area contributed by atoms with Crippen LogP contribution in [0.15, 0.2) is 52.3 Å². The van der Waals surface area contributed by atoms with E-state index in [4.69, 9.17) is 10.5 Å². The maximum absolute atomic E-state index is 5.97. The molecule has 0 radical (unpaired) electrons. The summed E-state index contributed by atoms with van der Waals surface area (Å²) in [6.07, 6.45) is 0. The van der Waals surface area contributed by atoms with Crippen LogP contribution >= 0.6 is 11.8 Å². The first-order valence-corrected chi connectivity index (χ1v) is 6.19. The van der Waals surface area contributed by atoms with Gasteiger partial charge in [-0.1, -0.05) is 30.0 Å². The molecule has 0 amide bonds. The Morgan fingerprint density at radius 1 is 1.06 bits per heavy atom. The molecule has 0 unspecified atom stereocenters. The molecule has 2 aromatic rings. The molecule has 2 nitrogen and oxygen atoms in total. The fraction of sp³-hybridized carbons (Fsp3) is 0.143. The zero-order valence-corrected chi connectivity index (χ0v) is 10.8. The molecule has 2 aromatic carbocycles. The van der Waals surface area contributed by atoms with Gasteiger partial charge < -0.3 is 10.5 Å². The molecule has 0 spiro atoms. The molecule has 3 heteroatoms. The van der Waals surface area contributed by atoms with E-state index < -0.39 is 0 Å². The van der Waals surface area contributed by atoms with E-state index in [1.807, 2.05) is 36.4 Å². The van der Waals surface area contributed by atoms with Crippen molar-refractivity contribution in [2.45, 2.75) is 16.7 Å². The van der Waals surface area contributed by atoms with Gasteiger partial charge in [0.2, 0.25) is 0 Å². The van der Waals surface area contributed by atoms with Gasteiger partial charge >= 0.3 is 0 Å². The largest absolute Gasteiger partial charge is 0.496 e. The highest BCUT2D eigenvalue weighted by atomic mass is 32.2. The molecule has 0 aliphatic heterocycles. The Morgan fingerprint density at radius 2 is 1.82 bits per heavy atom. The average molecular weight is 245 g/mol. The second-order valence-corrected chi connectivity index (χ2v) is 4.88. The fourth-order valence-electron chi connectivity index (χ4n) is 1.55. The lowest BCUT2D eigenvalue weighted by Crippen LogP contribution is -1.90. The van der Waals surface area contributed by atoms with Crippen LogP contribution in [0.25, 0.3) is 0 Å². The van der Waals surface area contributed by atoms with Crippen molar-refractivity contribution in [2.75, 3.05) is 12.8 Å². The highest BCUT2D eigenvalue weighted by molar-refractivity contribution is 7.99. The second-order valence-electron chi connectivity index (χ2n) is 3.79. The van der Waals surface area contributed by atoms with E-state index in [2.05, 4.69) is 13.0 Å². The Bertz CT molecular complexity index is 525. The number of para-hydroxylation sites is 1. The zero-order chi connectivity index (χ0) is 12.3. The van der Waals surface area contributed by atoms with Crippen LogP contribution in [0.1, 0.15) is 5.56 Å². The molecule has 0 aromatic heterocycles. The van der Waals surface area contributed by atoms with Crippen molar-refractivity contribution in [2.24, 2.45) is 0 Å². The Balaban J connectivity index is 2.34. The number of nitrogen functional groups attached to an aromatic ring is 1. The summed E-state index contributed by atoms with van der Waals surface area (Å²) in [4.78, 5) is 2.14. The van der Waals surface area contributed by atoms with Gasteiger partial charge in [-0.25, -0.2) is 0 Å². The van der Waals surface area contributed by atoms with E-state index in [-0.39, 0.29) is 0 Å². The first-order chi connectivity index (χ1) is 8.20. The van der Waals surface area contributed by atoms with Gasteiger partial charge in [0.05, 0.1) is 12.0 Å². The highest BCUT2D eigenvalue weighted by Crippen LogP contribution is 2.37. The molecule has 0 atom stereocenters. The van der Waals surface area contributed by atoms with Gasteiger partial charge in [0.25, 0.3) is 0 Å². The fourth-order valence-corrected chi connectivity index (χ4v) is 2.62. The minimum atomic E-state index is 0.798. The van der Waals surface area contributed by atoms with Crippen molar-refractivity contribution in [1.82, 2.24) is 0 Å². The second kappa shape index (κ2) is 5.15. The summed E-state index contributed by atoms with van der Waals surface area (Å²) in [6.45, 7) is 2.06. The Morgan fingerprint density at radius 3 is 2.59 bits per heavy atom. The van der Waals surface area contributed by atoms with E-state index in [1.165, 1.54) is 5.56 Å². The topological polar surface area (TPSA) is 35.2 Å². The van der Waals surface area contributed by atoms with Crippen molar-refractivity contribution in [3.63, 3.8) is 0 Å². The van der Waals surface area contributed by atoms with Gasteiger partial charge in [-0.3, -0.25) is 0 Å². The summed E-state index contributed by atoms with van der Waals surface area (Å²) in [5, 5.41) is 0. The van der Waals surface area contributed by atoms with Crippen LogP contribution in [0, 0.1) is 6.92 Å². The number of ether oxygens (including phenoxy) is 1. The number of benzene rings is 2. The number of methoxy groups -OCH3 is 1. The lowest BCUT2D eigenvalue weighted by Gasteiger charge is -2.09. The van der Waals surface area contributed by atoms with Crippen LogP contribution in [0.5, 0.6) is 5.75 Å². The normalized spacial score (nSPS) is 10.2. The van der Waals surface area contributed by atoms with Crippen LogP contribution in [0.3, 0.4) is 0 Å². The lowest BCUT2D eigenvalue weighted by molar-refractivity contribution is 0.405. The van der Waals surface area contributed by atoms with E-state index in [1.54, 1.807) is 18.9 Å². The molecular formula is C14H15NOS. The minimum absolute atomic E-state index is 0.798. The monoisotopic (exact) mass is 245 g/mol. The van der Waals surface area contributed by atoms with Gasteiger partial charge in [0, 0.05) is 10.6 Å². The Kier molecular flexibility index (Phi) is 3.59. The quantitative estimate of drug-likeness (QED) is 0.837. The molecule has 17 heavy (non-hydrogen) atoms. The summed E-state index contributed by atoms with van der Waals surface area (Å²) in [7, 11) is 1.68. The van der Waals surface area contributed by atoms with Gasteiger partial charge in [-0.05, 0) is 36.8 Å². The maximum Gasteiger partial charge on any atom is 0.132 e. The van der Waals surface area contributed by atoms with Crippen molar-refractivity contribution in [3.8, 4) is 5.75 Å². The average Bonchev–Trinajstić information content (AvgIpc) is 2.34. The molecular weight excluding hydrogens is 230 g/mol. The Hall–Kier alpha value is -1.61. The summed E-state index contributed by atoms with van der Waals surface area (Å²) >= 11 is 1.63. The number of anilines is 1. The van der Waals surface area contributed by atoms with Crippen molar-refractivity contribution in [3.05, 3.63) is 48.0 Å². The summed E-state index contributed by atoms with van der Waals surface area (Å²) in [5.74, 6) is 0.874. The molecule has 88 valence electrons. The van der Waals surface area contributed by atoms with Gasteiger partial charge in [-0.15, -0.1) is 0 Å². The highest BCUT2D eigenvalue weighted by Gasteiger charge is 2.06. The first-order valence-electron chi connectivity index (χ1n) is 5.37. The number of hydrogen-bond acceptors (Lipinski definition) is 3. The van der Waals surface area contributed by atoms with Gasteiger partial charge in [-0.2, -0.15) is 0 Å².